The van der Waals surface area contributed by atoms with Crippen LogP contribution in [0.3, 0.4) is 0 Å². The number of nitrogens with one attached hydrogen (secondary N) is 1. The molecule has 1 rings (SSSR count). The average Bonchev–Trinajstić information content (AvgIpc) is 2.34. The third kappa shape index (κ3) is 5.09. The summed E-state index contributed by atoms with van der Waals surface area (Å²) in [6.07, 6.45) is 1.91. The molecule has 0 aromatic heterocycles. The standard InChI is InChI=1S/C15H24BrNO/c1-12(13-7-4-5-8-14(13)16)17-11-15(2,3)9-6-10-18/h4-5,7-8,12,17-18H,6,9-11H2,1-3H3. The molecule has 2 N–H and O–H groups in total. The van der Waals surface area contributed by atoms with Crippen LogP contribution in [-0.4, -0.2) is 18.3 Å². The van der Waals surface area contributed by atoms with Crippen molar-refractivity contribution < 1.29 is 5.11 Å². The molecule has 0 saturated heterocycles. The summed E-state index contributed by atoms with van der Waals surface area (Å²) >= 11 is 3.59. The normalized spacial score (nSPS) is 13.6. The van der Waals surface area contributed by atoms with Crippen molar-refractivity contribution in [3.63, 3.8) is 0 Å². The van der Waals surface area contributed by atoms with Crippen molar-refractivity contribution in [1.82, 2.24) is 5.32 Å². The lowest BCUT2D eigenvalue weighted by Gasteiger charge is -2.27. The quantitative estimate of drug-likeness (QED) is 0.800. The fourth-order valence-electron chi connectivity index (χ4n) is 2.01. The van der Waals surface area contributed by atoms with E-state index in [1.807, 2.05) is 6.07 Å². The molecule has 0 saturated carbocycles. The van der Waals surface area contributed by atoms with Crippen LogP contribution in [0.2, 0.25) is 0 Å². The summed E-state index contributed by atoms with van der Waals surface area (Å²) in [5, 5.41) is 12.5. The molecule has 0 heterocycles. The fraction of sp³-hybridized carbons (Fsp3) is 0.600. The molecule has 0 spiro atoms. The van der Waals surface area contributed by atoms with Gasteiger partial charge in [0.05, 0.1) is 0 Å². The first-order chi connectivity index (χ1) is 8.46. The summed E-state index contributed by atoms with van der Waals surface area (Å²) in [7, 11) is 0. The minimum Gasteiger partial charge on any atom is -0.396 e. The lowest BCUT2D eigenvalue weighted by Crippen LogP contribution is -2.31. The van der Waals surface area contributed by atoms with Crippen molar-refractivity contribution in [2.45, 2.75) is 39.7 Å². The lowest BCUT2D eigenvalue weighted by molar-refractivity contribution is 0.233. The van der Waals surface area contributed by atoms with E-state index in [4.69, 9.17) is 5.11 Å². The van der Waals surface area contributed by atoms with Crippen LogP contribution in [0.1, 0.15) is 45.2 Å². The van der Waals surface area contributed by atoms with Gasteiger partial charge < -0.3 is 10.4 Å². The highest BCUT2D eigenvalue weighted by Crippen LogP contribution is 2.25. The molecule has 0 radical (unpaired) electrons. The zero-order chi connectivity index (χ0) is 13.6. The van der Waals surface area contributed by atoms with Gasteiger partial charge in [0.25, 0.3) is 0 Å². The molecule has 0 aliphatic rings. The first-order valence-electron chi connectivity index (χ1n) is 6.55. The molecule has 0 aliphatic carbocycles. The number of hydrogen-bond acceptors (Lipinski definition) is 2. The van der Waals surface area contributed by atoms with Crippen molar-refractivity contribution in [2.75, 3.05) is 13.2 Å². The van der Waals surface area contributed by atoms with Crippen LogP contribution in [-0.2, 0) is 0 Å². The second-order valence-electron chi connectivity index (χ2n) is 5.62. The van der Waals surface area contributed by atoms with E-state index < -0.39 is 0 Å². The summed E-state index contributed by atoms with van der Waals surface area (Å²) in [6, 6.07) is 8.64. The van der Waals surface area contributed by atoms with Gasteiger partial charge in [-0.3, -0.25) is 0 Å². The third-order valence-electron chi connectivity index (χ3n) is 3.27. The fourth-order valence-corrected chi connectivity index (χ4v) is 2.64. The van der Waals surface area contributed by atoms with Crippen LogP contribution < -0.4 is 5.32 Å². The Labute approximate surface area is 119 Å². The first-order valence-corrected chi connectivity index (χ1v) is 7.34. The van der Waals surface area contributed by atoms with Gasteiger partial charge in [0.15, 0.2) is 0 Å². The van der Waals surface area contributed by atoms with Gasteiger partial charge in [0.2, 0.25) is 0 Å². The highest BCUT2D eigenvalue weighted by Gasteiger charge is 2.18. The topological polar surface area (TPSA) is 32.3 Å². The Balaban J connectivity index is 2.51. The van der Waals surface area contributed by atoms with Crippen molar-refractivity contribution >= 4 is 15.9 Å². The summed E-state index contributed by atoms with van der Waals surface area (Å²) in [5.41, 5.74) is 1.51. The van der Waals surface area contributed by atoms with Crippen LogP contribution in [0, 0.1) is 5.41 Å². The van der Waals surface area contributed by atoms with E-state index in [2.05, 4.69) is 60.2 Å². The van der Waals surface area contributed by atoms with Crippen LogP contribution in [0.4, 0.5) is 0 Å². The Morgan fingerprint density at radius 3 is 2.61 bits per heavy atom. The number of aliphatic hydroxyl groups excluding tert-OH is 1. The zero-order valence-electron chi connectivity index (χ0n) is 11.5. The van der Waals surface area contributed by atoms with E-state index in [0.717, 1.165) is 23.9 Å². The number of aliphatic hydroxyl groups is 1. The minimum atomic E-state index is 0.220. The largest absolute Gasteiger partial charge is 0.396 e. The van der Waals surface area contributed by atoms with Crippen molar-refractivity contribution in [1.29, 1.82) is 0 Å². The number of rotatable bonds is 7. The van der Waals surface area contributed by atoms with Crippen LogP contribution >= 0.6 is 15.9 Å². The van der Waals surface area contributed by atoms with E-state index in [9.17, 15) is 0 Å². The number of hydrogen-bond donors (Lipinski definition) is 2. The molecule has 1 aromatic carbocycles. The molecule has 0 fully saturated rings. The van der Waals surface area contributed by atoms with Gasteiger partial charge in [-0.15, -0.1) is 0 Å². The predicted molar refractivity (Wildman–Crippen MR) is 80.7 cm³/mol. The Kier molecular flexibility index (Phi) is 6.33. The summed E-state index contributed by atoms with van der Waals surface area (Å²) in [6.45, 7) is 7.89. The maximum absolute atomic E-state index is 8.89. The molecular weight excluding hydrogens is 290 g/mol. The van der Waals surface area contributed by atoms with E-state index in [0.29, 0.717) is 6.04 Å². The highest BCUT2D eigenvalue weighted by molar-refractivity contribution is 9.10. The maximum Gasteiger partial charge on any atom is 0.0431 e. The Morgan fingerprint density at radius 1 is 1.33 bits per heavy atom. The second kappa shape index (κ2) is 7.27. The molecule has 3 heteroatoms. The Bertz CT molecular complexity index is 365. The van der Waals surface area contributed by atoms with Crippen molar-refractivity contribution in [2.24, 2.45) is 5.41 Å². The van der Waals surface area contributed by atoms with Crippen LogP contribution in [0.15, 0.2) is 28.7 Å². The number of halogens is 1. The molecule has 1 atom stereocenters. The van der Waals surface area contributed by atoms with E-state index in [1.165, 1.54) is 5.56 Å². The van der Waals surface area contributed by atoms with E-state index in [-0.39, 0.29) is 12.0 Å². The van der Waals surface area contributed by atoms with Crippen molar-refractivity contribution in [3.8, 4) is 0 Å². The van der Waals surface area contributed by atoms with Crippen LogP contribution in [0.5, 0.6) is 0 Å². The monoisotopic (exact) mass is 313 g/mol. The van der Waals surface area contributed by atoms with Gasteiger partial charge in [-0.25, -0.2) is 0 Å². The third-order valence-corrected chi connectivity index (χ3v) is 3.99. The van der Waals surface area contributed by atoms with Crippen molar-refractivity contribution in [3.05, 3.63) is 34.3 Å². The van der Waals surface area contributed by atoms with Gasteiger partial charge in [0.1, 0.15) is 0 Å². The summed E-state index contributed by atoms with van der Waals surface area (Å²) in [5.74, 6) is 0. The molecule has 0 bridgehead atoms. The van der Waals surface area contributed by atoms with Crippen LogP contribution in [0.25, 0.3) is 0 Å². The molecule has 1 aromatic rings. The first kappa shape index (κ1) is 15.7. The SMILES string of the molecule is CC(NCC(C)(C)CCCO)c1ccccc1Br. The van der Waals surface area contributed by atoms with Gasteiger partial charge >= 0.3 is 0 Å². The Hall–Kier alpha value is -0.380. The summed E-state index contributed by atoms with van der Waals surface area (Å²) < 4.78 is 1.15. The molecule has 102 valence electrons. The summed E-state index contributed by atoms with van der Waals surface area (Å²) in [4.78, 5) is 0. The molecule has 2 nitrogen and oxygen atoms in total. The van der Waals surface area contributed by atoms with Gasteiger partial charge in [-0.05, 0) is 36.8 Å². The lowest BCUT2D eigenvalue weighted by atomic mass is 9.87. The average molecular weight is 314 g/mol. The second-order valence-corrected chi connectivity index (χ2v) is 6.47. The zero-order valence-corrected chi connectivity index (χ0v) is 13.1. The van der Waals surface area contributed by atoms with E-state index in [1.54, 1.807) is 0 Å². The molecule has 0 amide bonds. The maximum atomic E-state index is 8.89. The smallest absolute Gasteiger partial charge is 0.0431 e. The molecule has 1 unspecified atom stereocenters. The molecule has 18 heavy (non-hydrogen) atoms. The molecule has 0 aliphatic heterocycles. The van der Waals surface area contributed by atoms with Gasteiger partial charge in [-0.1, -0.05) is 48.0 Å². The molecular formula is C15H24BrNO. The van der Waals surface area contributed by atoms with Gasteiger partial charge in [0, 0.05) is 23.7 Å². The Morgan fingerprint density at radius 2 is 2.00 bits per heavy atom. The minimum absolute atomic E-state index is 0.220. The van der Waals surface area contributed by atoms with Gasteiger partial charge in [-0.2, -0.15) is 0 Å². The van der Waals surface area contributed by atoms with E-state index >= 15 is 0 Å². The highest BCUT2D eigenvalue weighted by atomic mass is 79.9. The number of benzene rings is 1. The predicted octanol–water partition coefficient (Wildman–Crippen LogP) is 3.90.